The number of amides is 1. The molecule has 0 unspecified atom stereocenters. The lowest BCUT2D eigenvalue weighted by Gasteiger charge is -2.24. The van der Waals surface area contributed by atoms with Crippen LogP contribution in [-0.2, 0) is 23.8 Å². The zero-order valence-electron chi connectivity index (χ0n) is 13.0. The molecule has 0 aromatic rings. The first kappa shape index (κ1) is 19.2. The van der Waals surface area contributed by atoms with Crippen molar-refractivity contribution < 1.29 is 33.7 Å². The van der Waals surface area contributed by atoms with E-state index in [0.717, 1.165) is 0 Å². The van der Waals surface area contributed by atoms with Gasteiger partial charge in [-0.2, -0.15) is 0 Å². The summed E-state index contributed by atoms with van der Waals surface area (Å²) < 4.78 is 14.3. The molecule has 8 heteroatoms. The summed E-state index contributed by atoms with van der Waals surface area (Å²) in [7, 11) is 0. The lowest BCUT2D eigenvalue weighted by molar-refractivity contribution is -0.162. The van der Waals surface area contributed by atoms with Crippen LogP contribution in [0.4, 0.5) is 4.79 Å². The fourth-order valence-electron chi connectivity index (χ4n) is 1.30. The smallest absolute Gasteiger partial charge is 0.408 e. The highest BCUT2D eigenvalue weighted by Gasteiger charge is 2.36. The summed E-state index contributed by atoms with van der Waals surface area (Å²) >= 11 is 0. The van der Waals surface area contributed by atoms with Gasteiger partial charge in [0.2, 0.25) is 0 Å². The lowest BCUT2D eigenvalue weighted by atomic mass is 10.1. The third-order valence-electron chi connectivity index (χ3n) is 2.06. The van der Waals surface area contributed by atoms with Crippen LogP contribution < -0.4 is 5.32 Å². The molecule has 0 heterocycles. The Balaban J connectivity index is 4.94. The van der Waals surface area contributed by atoms with E-state index in [1.165, 1.54) is 0 Å². The number of nitrogens with one attached hydrogen (secondary N) is 1. The molecule has 0 saturated carbocycles. The Bertz CT molecular complexity index is 375. The standard InChI is InChI=1S/C13H23NO7/c1-6-19-10(16)8(9(15)11(17)20-7-2)14-12(18)21-13(3,4)5/h8-9,15H,6-7H2,1-5H3,(H,14,18)/t8-,9+/m0/s1. The summed E-state index contributed by atoms with van der Waals surface area (Å²) in [4.78, 5) is 34.9. The highest BCUT2D eigenvalue weighted by atomic mass is 16.6. The maximum atomic E-state index is 11.7. The average Bonchev–Trinajstić information content (AvgIpc) is 2.33. The van der Waals surface area contributed by atoms with E-state index in [0.29, 0.717) is 0 Å². The van der Waals surface area contributed by atoms with E-state index in [4.69, 9.17) is 9.47 Å². The SMILES string of the molecule is CCOC(=O)[C@@H](NC(=O)OC(C)(C)C)[C@@H](O)C(=O)OCC. The molecular weight excluding hydrogens is 282 g/mol. The van der Waals surface area contributed by atoms with Gasteiger partial charge in [0.1, 0.15) is 5.60 Å². The molecular formula is C13H23NO7. The molecule has 0 saturated heterocycles. The van der Waals surface area contributed by atoms with Crippen LogP contribution in [0.25, 0.3) is 0 Å². The van der Waals surface area contributed by atoms with Crippen LogP contribution in [0.15, 0.2) is 0 Å². The van der Waals surface area contributed by atoms with Crippen LogP contribution in [0.2, 0.25) is 0 Å². The maximum Gasteiger partial charge on any atom is 0.408 e. The summed E-state index contributed by atoms with van der Waals surface area (Å²) in [6.45, 7) is 8.05. The van der Waals surface area contributed by atoms with Gasteiger partial charge in [-0.15, -0.1) is 0 Å². The Morgan fingerprint density at radius 2 is 1.52 bits per heavy atom. The van der Waals surface area contributed by atoms with Gasteiger partial charge in [-0.25, -0.2) is 14.4 Å². The number of esters is 2. The number of carbonyl (C=O) groups is 3. The number of ether oxygens (including phenoxy) is 3. The molecule has 0 rings (SSSR count). The second kappa shape index (κ2) is 8.46. The van der Waals surface area contributed by atoms with E-state index in [1.807, 2.05) is 0 Å². The van der Waals surface area contributed by atoms with Crippen LogP contribution in [0.3, 0.4) is 0 Å². The van der Waals surface area contributed by atoms with Gasteiger partial charge in [0.05, 0.1) is 13.2 Å². The summed E-state index contributed by atoms with van der Waals surface area (Å²) in [6.07, 6.45) is -2.83. The van der Waals surface area contributed by atoms with Gasteiger partial charge < -0.3 is 24.6 Å². The van der Waals surface area contributed by atoms with Crippen LogP contribution in [-0.4, -0.2) is 54.1 Å². The van der Waals surface area contributed by atoms with Crippen molar-refractivity contribution >= 4 is 18.0 Å². The Morgan fingerprint density at radius 1 is 1.05 bits per heavy atom. The van der Waals surface area contributed by atoms with Crippen LogP contribution in [0, 0.1) is 0 Å². The maximum absolute atomic E-state index is 11.7. The Labute approximate surface area is 123 Å². The van der Waals surface area contributed by atoms with E-state index in [-0.39, 0.29) is 13.2 Å². The van der Waals surface area contributed by atoms with Gasteiger partial charge in [-0.3, -0.25) is 0 Å². The zero-order valence-corrected chi connectivity index (χ0v) is 13.0. The Hall–Kier alpha value is -1.83. The molecule has 122 valence electrons. The minimum atomic E-state index is -1.88. The summed E-state index contributed by atoms with van der Waals surface area (Å²) in [5.41, 5.74) is -0.793. The second-order valence-corrected chi connectivity index (χ2v) is 5.07. The van der Waals surface area contributed by atoms with Crippen molar-refractivity contribution in [2.24, 2.45) is 0 Å². The van der Waals surface area contributed by atoms with Crippen molar-refractivity contribution in [1.82, 2.24) is 5.32 Å². The first-order chi connectivity index (χ1) is 9.62. The molecule has 1 amide bonds. The highest BCUT2D eigenvalue weighted by Crippen LogP contribution is 2.08. The largest absolute Gasteiger partial charge is 0.464 e. The molecule has 0 fully saturated rings. The van der Waals surface area contributed by atoms with Gasteiger partial charge in [-0.05, 0) is 34.6 Å². The lowest BCUT2D eigenvalue weighted by Crippen LogP contribution is -2.53. The number of hydrogen-bond donors (Lipinski definition) is 2. The monoisotopic (exact) mass is 305 g/mol. The zero-order chi connectivity index (χ0) is 16.6. The minimum Gasteiger partial charge on any atom is -0.464 e. The fourth-order valence-corrected chi connectivity index (χ4v) is 1.30. The van der Waals surface area contributed by atoms with Gasteiger partial charge in [0.25, 0.3) is 0 Å². The predicted octanol–water partition coefficient (Wildman–Crippen LogP) is 0.367. The van der Waals surface area contributed by atoms with Crippen molar-refractivity contribution in [1.29, 1.82) is 0 Å². The number of aliphatic hydroxyl groups excluding tert-OH is 1. The van der Waals surface area contributed by atoms with Crippen LogP contribution in [0.5, 0.6) is 0 Å². The molecule has 0 aromatic carbocycles. The topological polar surface area (TPSA) is 111 Å². The predicted molar refractivity (Wildman–Crippen MR) is 72.4 cm³/mol. The highest BCUT2D eigenvalue weighted by molar-refractivity contribution is 5.89. The van der Waals surface area contributed by atoms with Crippen LogP contribution >= 0.6 is 0 Å². The number of rotatable bonds is 6. The van der Waals surface area contributed by atoms with Crippen molar-refractivity contribution in [3.8, 4) is 0 Å². The van der Waals surface area contributed by atoms with Gasteiger partial charge in [0, 0.05) is 0 Å². The summed E-state index contributed by atoms with van der Waals surface area (Å²) in [5, 5.41) is 11.9. The van der Waals surface area contributed by atoms with Crippen molar-refractivity contribution in [2.45, 2.75) is 52.4 Å². The number of alkyl carbamates (subject to hydrolysis) is 1. The number of hydrogen-bond acceptors (Lipinski definition) is 7. The van der Waals surface area contributed by atoms with Gasteiger partial charge >= 0.3 is 18.0 Å². The van der Waals surface area contributed by atoms with Crippen molar-refractivity contribution in [3.05, 3.63) is 0 Å². The molecule has 0 bridgehead atoms. The molecule has 0 aliphatic carbocycles. The van der Waals surface area contributed by atoms with Gasteiger partial charge in [0.15, 0.2) is 12.1 Å². The minimum absolute atomic E-state index is 0.0257. The van der Waals surface area contributed by atoms with E-state index in [2.05, 4.69) is 10.1 Å². The van der Waals surface area contributed by atoms with E-state index < -0.39 is 35.8 Å². The number of carbonyl (C=O) groups excluding carboxylic acids is 3. The normalized spacial score (nSPS) is 13.8. The third kappa shape index (κ3) is 7.50. The van der Waals surface area contributed by atoms with E-state index >= 15 is 0 Å². The summed E-state index contributed by atoms with van der Waals surface area (Å²) in [6, 6.07) is -1.60. The molecule has 21 heavy (non-hydrogen) atoms. The second-order valence-electron chi connectivity index (χ2n) is 5.07. The molecule has 2 atom stereocenters. The van der Waals surface area contributed by atoms with Crippen LogP contribution in [0.1, 0.15) is 34.6 Å². The van der Waals surface area contributed by atoms with E-state index in [1.54, 1.807) is 34.6 Å². The van der Waals surface area contributed by atoms with Crippen molar-refractivity contribution in [3.63, 3.8) is 0 Å². The Kier molecular flexibility index (Phi) is 7.72. The summed E-state index contributed by atoms with van der Waals surface area (Å²) in [5.74, 6) is -1.99. The van der Waals surface area contributed by atoms with E-state index in [9.17, 15) is 19.5 Å². The molecule has 0 aliphatic heterocycles. The first-order valence-electron chi connectivity index (χ1n) is 6.63. The average molecular weight is 305 g/mol. The number of aliphatic hydroxyl groups is 1. The molecule has 0 aromatic heterocycles. The third-order valence-corrected chi connectivity index (χ3v) is 2.06. The Morgan fingerprint density at radius 3 is 1.95 bits per heavy atom. The molecule has 0 radical (unpaired) electrons. The fraction of sp³-hybridized carbons (Fsp3) is 0.769. The molecule has 0 aliphatic rings. The quantitative estimate of drug-likeness (QED) is 0.538. The molecule has 8 nitrogen and oxygen atoms in total. The van der Waals surface area contributed by atoms with Gasteiger partial charge in [-0.1, -0.05) is 0 Å². The van der Waals surface area contributed by atoms with Crippen molar-refractivity contribution in [2.75, 3.05) is 13.2 Å². The molecule has 2 N–H and O–H groups in total. The molecule has 0 spiro atoms. The first-order valence-corrected chi connectivity index (χ1v) is 6.63.